The lowest BCUT2D eigenvalue weighted by Gasteiger charge is -2.36. The number of imidazole rings is 1. The van der Waals surface area contributed by atoms with Crippen molar-refractivity contribution in [2.45, 2.75) is 24.5 Å². The largest absolute Gasteiger partial charge is 0.388 e. The van der Waals surface area contributed by atoms with Crippen molar-refractivity contribution >= 4 is 28.5 Å². The molecule has 0 radical (unpaired) electrons. The smallest absolute Gasteiger partial charge is 0.230 e. The van der Waals surface area contributed by atoms with Gasteiger partial charge in [-0.1, -0.05) is 60.7 Å². The second-order valence-electron chi connectivity index (χ2n) is 8.07. The topological polar surface area (TPSA) is 174 Å². The molecule has 0 bridgehead atoms. The van der Waals surface area contributed by atoms with Gasteiger partial charge in [-0.15, -0.1) is 0 Å². The Labute approximate surface area is 198 Å². The number of rotatable bonds is 5. The monoisotopic (exact) mass is 475 g/mol. The number of nitrogens with zero attached hydrogens (tertiary/aromatic N) is 4. The van der Waals surface area contributed by atoms with E-state index in [0.29, 0.717) is 11.1 Å². The molecule has 1 saturated heterocycles. The van der Waals surface area contributed by atoms with Gasteiger partial charge in [0.2, 0.25) is 17.4 Å². The number of nitrogen functional groups attached to an aromatic ring is 1. The van der Waals surface area contributed by atoms with Gasteiger partial charge in [0.25, 0.3) is 0 Å². The van der Waals surface area contributed by atoms with E-state index in [1.165, 1.54) is 4.57 Å². The van der Waals surface area contributed by atoms with E-state index in [0.717, 1.165) is 0 Å². The zero-order chi connectivity index (χ0) is 24.7. The van der Waals surface area contributed by atoms with Crippen molar-refractivity contribution in [3.8, 4) is 0 Å². The summed E-state index contributed by atoms with van der Waals surface area (Å²) in [5, 5.41) is 30.9. The Bertz CT molecular complexity index is 1410. The van der Waals surface area contributed by atoms with E-state index in [1.807, 2.05) is 0 Å². The molecule has 5 N–H and O–H groups in total. The van der Waals surface area contributed by atoms with Crippen molar-refractivity contribution in [2.24, 2.45) is 0 Å². The van der Waals surface area contributed by atoms with Gasteiger partial charge in [-0.25, -0.2) is 15.0 Å². The lowest BCUT2D eigenvalue weighted by atomic mass is 10.0. The summed E-state index contributed by atoms with van der Waals surface area (Å²) in [5.74, 6) is -1.63. The summed E-state index contributed by atoms with van der Waals surface area (Å²) in [6.45, 7) is -0.322. The predicted octanol–water partition coefficient (Wildman–Crippen LogP) is 0.482. The molecule has 0 unspecified atom stereocenters. The van der Waals surface area contributed by atoms with Gasteiger partial charge in [-0.05, 0) is 0 Å². The van der Waals surface area contributed by atoms with Crippen LogP contribution < -0.4 is 5.73 Å². The standard InChI is InChI=1S/C24H21N5O6/c25-20-15-22(28-21(27-20)16(31)12-7-3-1-4-8-12)29(24-19(34)18(33)14(30)11-35-24)23(26-15)17(32)13-9-5-2-6-10-13/h1-10,14,18-19,24,30,33-34H,11H2,(H2,25,27,28)/t14-,18-,19-,24-/m1/s1. The quantitative estimate of drug-likeness (QED) is 0.297. The summed E-state index contributed by atoms with van der Waals surface area (Å²) >= 11 is 0. The highest BCUT2D eigenvalue weighted by Gasteiger charge is 2.41. The van der Waals surface area contributed by atoms with E-state index in [9.17, 15) is 24.9 Å². The van der Waals surface area contributed by atoms with Crippen LogP contribution in [-0.4, -0.2) is 71.3 Å². The maximum absolute atomic E-state index is 13.4. The van der Waals surface area contributed by atoms with Gasteiger partial charge in [0.1, 0.15) is 18.3 Å². The molecular weight excluding hydrogens is 454 g/mol. The van der Waals surface area contributed by atoms with E-state index in [1.54, 1.807) is 60.7 Å². The maximum atomic E-state index is 13.4. The number of hydrogen-bond acceptors (Lipinski definition) is 10. The molecule has 0 amide bonds. The Balaban J connectivity index is 1.72. The Kier molecular flexibility index (Phi) is 5.83. The van der Waals surface area contributed by atoms with Gasteiger partial charge in [0.15, 0.2) is 29.0 Å². The SMILES string of the molecule is Nc1nc(C(=O)c2ccccc2)nc2c1nc(C(=O)c1ccccc1)n2[C@@H]1OC[C@@H](O)[C@@H](O)[C@H]1O. The number of benzene rings is 2. The summed E-state index contributed by atoms with van der Waals surface area (Å²) < 4.78 is 6.79. The number of fused-ring (bicyclic) bond motifs is 1. The number of aliphatic hydroxyl groups is 3. The number of aliphatic hydroxyl groups excluding tert-OH is 3. The predicted molar refractivity (Wildman–Crippen MR) is 122 cm³/mol. The van der Waals surface area contributed by atoms with Crippen LogP contribution >= 0.6 is 0 Å². The molecule has 2 aromatic carbocycles. The first-order chi connectivity index (χ1) is 16.9. The number of nitrogens with two attached hydrogens (primary N) is 1. The zero-order valence-corrected chi connectivity index (χ0v) is 18.2. The first-order valence-electron chi connectivity index (χ1n) is 10.8. The van der Waals surface area contributed by atoms with Gasteiger partial charge in [-0.3, -0.25) is 14.2 Å². The minimum atomic E-state index is -1.64. The van der Waals surface area contributed by atoms with E-state index in [4.69, 9.17) is 10.5 Å². The lowest BCUT2D eigenvalue weighted by Crippen LogP contribution is -2.51. The summed E-state index contributed by atoms with van der Waals surface area (Å²) in [4.78, 5) is 39.2. The summed E-state index contributed by atoms with van der Waals surface area (Å²) in [6, 6.07) is 16.6. The number of ether oxygens (including phenoxy) is 1. The van der Waals surface area contributed by atoms with Crippen molar-refractivity contribution in [3.63, 3.8) is 0 Å². The zero-order valence-electron chi connectivity index (χ0n) is 18.2. The number of aromatic nitrogens is 4. The highest BCUT2D eigenvalue weighted by atomic mass is 16.5. The first-order valence-corrected chi connectivity index (χ1v) is 10.8. The molecule has 178 valence electrons. The van der Waals surface area contributed by atoms with Crippen LogP contribution in [0.15, 0.2) is 60.7 Å². The molecular formula is C24H21N5O6. The molecule has 35 heavy (non-hydrogen) atoms. The van der Waals surface area contributed by atoms with Crippen LogP contribution in [0.2, 0.25) is 0 Å². The van der Waals surface area contributed by atoms with Gasteiger partial charge < -0.3 is 25.8 Å². The average molecular weight is 475 g/mol. The molecule has 0 aliphatic carbocycles. The van der Waals surface area contributed by atoms with E-state index in [-0.39, 0.29) is 35.2 Å². The minimum Gasteiger partial charge on any atom is -0.388 e. The number of carbonyl (C=O) groups is 2. The summed E-state index contributed by atoms with van der Waals surface area (Å²) in [5.41, 5.74) is 6.72. The Morgan fingerprint density at radius 3 is 2.09 bits per heavy atom. The van der Waals surface area contributed by atoms with Gasteiger partial charge in [0.05, 0.1) is 6.61 Å². The van der Waals surface area contributed by atoms with Crippen LogP contribution in [0, 0.1) is 0 Å². The molecule has 0 saturated carbocycles. The summed E-state index contributed by atoms with van der Waals surface area (Å²) in [7, 11) is 0. The first kappa shape index (κ1) is 22.7. The third kappa shape index (κ3) is 3.96. The van der Waals surface area contributed by atoms with Crippen molar-refractivity contribution in [1.82, 2.24) is 19.5 Å². The molecule has 3 heterocycles. The molecule has 11 heteroatoms. The molecule has 0 spiro atoms. The van der Waals surface area contributed by atoms with Crippen LogP contribution in [0.5, 0.6) is 0 Å². The van der Waals surface area contributed by atoms with Crippen LogP contribution in [0.1, 0.15) is 38.6 Å². The van der Waals surface area contributed by atoms with Crippen LogP contribution in [0.25, 0.3) is 11.2 Å². The Morgan fingerprint density at radius 1 is 0.857 bits per heavy atom. The Hall–Kier alpha value is -4.03. The number of carbonyl (C=O) groups excluding carboxylic acids is 2. The van der Waals surface area contributed by atoms with Crippen molar-refractivity contribution in [1.29, 1.82) is 0 Å². The van der Waals surface area contributed by atoms with Gasteiger partial charge in [-0.2, -0.15) is 0 Å². The Morgan fingerprint density at radius 2 is 1.46 bits per heavy atom. The third-order valence-electron chi connectivity index (χ3n) is 5.77. The fourth-order valence-corrected chi connectivity index (χ4v) is 3.95. The van der Waals surface area contributed by atoms with Crippen LogP contribution in [0.4, 0.5) is 5.82 Å². The minimum absolute atomic E-state index is 0.0188. The lowest BCUT2D eigenvalue weighted by molar-refractivity contribution is -0.210. The maximum Gasteiger partial charge on any atom is 0.230 e. The molecule has 5 rings (SSSR count). The number of anilines is 1. The van der Waals surface area contributed by atoms with E-state index in [2.05, 4.69) is 15.0 Å². The normalized spacial score (nSPS) is 22.3. The second-order valence-corrected chi connectivity index (χ2v) is 8.07. The molecule has 1 aliphatic heterocycles. The molecule has 11 nitrogen and oxygen atoms in total. The van der Waals surface area contributed by atoms with Gasteiger partial charge in [0, 0.05) is 11.1 Å². The number of ketones is 2. The third-order valence-corrected chi connectivity index (χ3v) is 5.77. The molecule has 1 aliphatic rings. The number of hydrogen-bond donors (Lipinski definition) is 4. The van der Waals surface area contributed by atoms with Gasteiger partial charge >= 0.3 is 0 Å². The van der Waals surface area contributed by atoms with Crippen molar-refractivity contribution in [3.05, 3.63) is 83.4 Å². The second kappa shape index (κ2) is 8.96. The highest BCUT2D eigenvalue weighted by molar-refractivity contribution is 6.10. The van der Waals surface area contributed by atoms with Crippen LogP contribution in [0.3, 0.4) is 0 Å². The van der Waals surface area contributed by atoms with Crippen molar-refractivity contribution < 1.29 is 29.6 Å². The molecule has 1 fully saturated rings. The van der Waals surface area contributed by atoms with E-state index >= 15 is 0 Å². The molecule has 4 atom stereocenters. The summed E-state index contributed by atoms with van der Waals surface area (Å²) in [6.07, 6.45) is -5.88. The van der Waals surface area contributed by atoms with E-state index < -0.39 is 36.1 Å². The average Bonchev–Trinajstić information content (AvgIpc) is 3.27. The molecule has 2 aromatic heterocycles. The fraction of sp³-hybridized carbons (Fsp3) is 0.208. The van der Waals surface area contributed by atoms with Crippen LogP contribution in [-0.2, 0) is 4.74 Å². The fourth-order valence-electron chi connectivity index (χ4n) is 3.95. The molecule has 4 aromatic rings. The van der Waals surface area contributed by atoms with Crippen molar-refractivity contribution in [2.75, 3.05) is 12.3 Å². The highest BCUT2D eigenvalue weighted by Crippen LogP contribution is 2.31.